The van der Waals surface area contributed by atoms with E-state index in [0.717, 1.165) is 5.56 Å². The number of benzene rings is 1. The summed E-state index contributed by atoms with van der Waals surface area (Å²) in [5, 5.41) is 21.2. The quantitative estimate of drug-likeness (QED) is 0.721. The Kier molecular flexibility index (Phi) is 6.81. The van der Waals surface area contributed by atoms with Gasteiger partial charge < -0.3 is 19.6 Å². The fourth-order valence-corrected chi connectivity index (χ4v) is 2.24. The molecule has 1 amide bonds. The Morgan fingerprint density at radius 1 is 1.40 bits per heavy atom. The molecule has 1 aromatic carbocycles. The summed E-state index contributed by atoms with van der Waals surface area (Å²) in [5.41, 5.74) is 0.836. The highest BCUT2D eigenvalue weighted by Crippen LogP contribution is 2.18. The number of aliphatic hydroxyl groups is 1. The third kappa shape index (κ3) is 6.16. The van der Waals surface area contributed by atoms with Gasteiger partial charge in [0.2, 0.25) is 5.91 Å². The number of nitrogens with zero attached hydrogens (tertiary/aromatic N) is 1. The van der Waals surface area contributed by atoms with Crippen LogP contribution in [0.5, 0.6) is 5.75 Å². The molecule has 0 aliphatic heterocycles. The van der Waals surface area contributed by atoms with E-state index in [9.17, 15) is 9.90 Å². The number of aliphatic hydroxyl groups excluding tert-OH is 1. The van der Waals surface area contributed by atoms with Gasteiger partial charge in [0, 0.05) is 18.5 Å². The van der Waals surface area contributed by atoms with Crippen LogP contribution in [0.15, 0.2) is 53.2 Å². The normalized spacial score (nSPS) is 13.2. The molecule has 0 spiro atoms. The lowest BCUT2D eigenvalue weighted by molar-refractivity contribution is -0.117. The number of hydrogen-bond acceptors (Lipinski definition) is 5. The molecule has 0 aliphatic carbocycles. The van der Waals surface area contributed by atoms with Gasteiger partial charge in [-0.3, -0.25) is 4.79 Å². The van der Waals surface area contributed by atoms with E-state index in [4.69, 9.17) is 14.4 Å². The molecule has 0 aliphatic rings. The van der Waals surface area contributed by atoms with Crippen molar-refractivity contribution in [1.29, 1.82) is 5.26 Å². The molecule has 2 atom stereocenters. The zero-order valence-electron chi connectivity index (χ0n) is 13.9. The Labute approximate surface area is 146 Å². The van der Waals surface area contributed by atoms with Crippen LogP contribution >= 0.6 is 0 Å². The molecule has 2 rings (SSSR count). The fourth-order valence-electron chi connectivity index (χ4n) is 2.24. The van der Waals surface area contributed by atoms with Crippen LogP contribution in [0.2, 0.25) is 0 Å². The van der Waals surface area contributed by atoms with Crippen molar-refractivity contribution in [2.75, 3.05) is 6.61 Å². The van der Waals surface area contributed by atoms with E-state index >= 15 is 0 Å². The molecule has 0 radical (unpaired) electrons. The summed E-state index contributed by atoms with van der Waals surface area (Å²) in [6.45, 7) is 1.82. The van der Waals surface area contributed by atoms with Crippen LogP contribution in [0.4, 0.5) is 0 Å². The first-order valence-corrected chi connectivity index (χ1v) is 7.88. The van der Waals surface area contributed by atoms with Crippen molar-refractivity contribution in [1.82, 2.24) is 5.32 Å². The highest BCUT2D eigenvalue weighted by molar-refractivity contribution is 5.91. The fraction of sp³-hybridized carbons (Fsp3) is 0.263. The van der Waals surface area contributed by atoms with Gasteiger partial charge in [-0.15, -0.1) is 0 Å². The number of carbonyl (C=O) groups excluding carboxylic acids is 1. The summed E-state index contributed by atoms with van der Waals surface area (Å²) in [6.07, 6.45) is 4.22. The van der Waals surface area contributed by atoms with E-state index in [0.29, 0.717) is 17.9 Å². The third-order valence-corrected chi connectivity index (χ3v) is 3.45. The van der Waals surface area contributed by atoms with Crippen LogP contribution in [0, 0.1) is 11.3 Å². The smallest absolute Gasteiger partial charge is 0.244 e. The number of hydrogen-bond donors (Lipinski definition) is 2. The Morgan fingerprint density at radius 2 is 2.16 bits per heavy atom. The predicted octanol–water partition coefficient (Wildman–Crippen LogP) is 2.82. The van der Waals surface area contributed by atoms with E-state index < -0.39 is 6.10 Å². The predicted molar refractivity (Wildman–Crippen MR) is 92.5 cm³/mol. The molecule has 2 N–H and O–H groups in total. The van der Waals surface area contributed by atoms with Gasteiger partial charge in [0.25, 0.3) is 0 Å². The number of furan rings is 1. The Hall–Kier alpha value is -3.04. The van der Waals surface area contributed by atoms with Crippen molar-refractivity contribution >= 4 is 12.0 Å². The van der Waals surface area contributed by atoms with Gasteiger partial charge in [-0.2, -0.15) is 5.26 Å². The van der Waals surface area contributed by atoms with Gasteiger partial charge in [0.15, 0.2) is 6.61 Å². The first-order valence-electron chi connectivity index (χ1n) is 7.88. The van der Waals surface area contributed by atoms with Crippen molar-refractivity contribution in [2.45, 2.75) is 25.5 Å². The van der Waals surface area contributed by atoms with E-state index in [1.54, 1.807) is 42.5 Å². The average molecular weight is 340 g/mol. The van der Waals surface area contributed by atoms with Gasteiger partial charge in [-0.25, -0.2) is 0 Å². The summed E-state index contributed by atoms with van der Waals surface area (Å²) in [7, 11) is 0. The van der Waals surface area contributed by atoms with E-state index in [1.807, 2.05) is 13.0 Å². The first-order chi connectivity index (χ1) is 12.1. The number of ether oxygens (including phenoxy) is 1. The maximum absolute atomic E-state index is 11.9. The topological polar surface area (TPSA) is 95.5 Å². The van der Waals surface area contributed by atoms with Crippen LogP contribution in [0.3, 0.4) is 0 Å². The summed E-state index contributed by atoms with van der Waals surface area (Å²) >= 11 is 0. The van der Waals surface area contributed by atoms with Gasteiger partial charge in [0.1, 0.15) is 23.7 Å². The minimum Gasteiger partial charge on any atom is -0.479 e. The standard InChI is InChI=1S/C19H20N2O4/c1-14(13-17(22)18-3-2-11-25-18)21-19(23)9-6-15-4-7-16(8-5-15)24-12-10-20/h2-9,11,14,17,22H,12-13H2,1H3,(H,21,23)/b9-6+. The minimum atomic E-state index is -0.754. The number of nitrogens with one attached hydrogen (secondary N) is 1. The summed E-state index contributed by atoms with van der Waals surface area (Å²) in [4.78, 5) is 11.9. The molecular weight excluding hydrogens is 320 g/mol. The van der Waals surface area contributed by atoms with Crippen molar-refractivity contribution < 1.29 is 19.1 Å². The molecule has 6 nitrogen and oxygen atoms in total. The SMILES string of the molecule is CC(CC(O)c1ccco1)NC(=O)/C=C/c1ccc(OCC#N)cc1. The third-order valence-electron chi connectivity index (χ3n) is 3.45. The lowest BCUT2D eigenvalue weighted by atomic mass is 10.1. The number of carbonyl (C=O) groups is 1. The second-order valence-electron chi connectivity index (χ2n) is 5.53. The lowest BCUT2D eigenvalue weighted by Crippen LogP contribution is -2.32. The molecule has 1 aromatic heterocycles. The van der Waals surface area contributed by atoms with Gasteiger partial charge in [-0.05, 0) is 42.8 Å². The number of amides is 1. The van der Waals surface area contributed by atoms with Gasteiger partial charge in [-0.1, -0.05) is 12.1 Å². The maximum atomic E-state index is 11.9. The van der Waals surface area contributed by atoms with Gasteiger partial charge in [0.05, 0.1) is 6.26 Å². The molecule has 25 heavy (non-hydrogen) atoms. The maximum Gasteiger partial charge on any atom is 0.244 e. The summed E-state index contributed by atoms with van der Waals surface area (Å²) in [6, 6.07) is 12.1. The molecule has 0 fully saturated rings. The van der Waals surface area contributed by atoms with Gasteiger partial charge >= 0.3 is 0 Å². The average Bonchev–Trinajstić information content (AvgIpc) is 3.13. The molecule has 6 heteroatoms. The molecule has 0 saturated heterocycles. The molecule has 0 bridgehead atoms. The second-order valence-corrected chi connectivity index (χ2v) is 5.53. The highest BCUT2D eigenvalue weighted by Gasteiger charge is 2.15. The largest absolute Gasteiger partial charge is 0.479 e. The molecular formula is C19H20N2O4. The Morgan fingerprint density at radius 3 is 2.80 bits per heavy atom. The lowest BCUT2D eigenvalue weighted by Gasteiger charge is -2.15. The van der Waals surface area contributed by atoms with Crippen LogP contribution < -0.4 is 10.1 Å². The molecule has 0 saturated carbocycles. The van der Waals surface area contributed by atoms with Crippen LogP contribution in [-0.4, -0.2) is 23.7 Å². The molecule has 130 valence electrons. The van der Waals surface area contributed by atoms with Crippen molar-refractivity contribution in [3.8, 4) is 11.8 Å². The van der Waals surface area contributed by atoms with Crippen LogP contribution in [-0.2, 0) is 4.79 Å². The monoisotopic (exact) mass is 340 g/mol. The molecule has 2 unspecified atom stereocenters. The van der Waals surface area contributed by atoms with E-state index in [2.05, 4.69) is 5.32 Å². The summed E-state index contributed by atoms with van der Waals surface area (Å²) < 4.78 is 10.3. The minimum absolute atomic E-state index is 0.000658. The number of nitriles is 1. The summed E-state index contributed by atoms with van der Waals surface area (Å²) in [5.74, 6) is 0.836. The van der Waals surface area contributed by atoms with Crippen molar-refractivity contribution in [2.24, 2.45) is 0 Å². The first kappa shape index (κ1) is 18.3. The number of rotatable bonds is 8. The molecule has 1 heterocycles. The van der Waals surface area contributed by atoms with E-state index in [-0.39, 0.29) is 18.6 Å². The zero-order chi connectivity index (χ0) is 18.1. The van der Waals surface area contributed by atoms with Crippen LogP contribution in [0.1, 0.15) is 30.8 Å². The zero-order valence-corrected chi connectivity index (χ0v) is 13.9. The Balaban J connectivity index is 1.80. The van der Waals surface area contributed by atoms with Crippen LogP contribution in [0.25, 0.3) is 6.08 Å². The van der Waals surface area contributed by atoms with E-state index in [1.165, 1.54) is 12.3 Å². The van der Waals surface area contributed by atoms with Crippen molar-refractivity contribution in [3.05, 3.63) is 60.1 Å². The van der Waals surface area contributed by atoms with Crippen molar-refractivity contribution in [3.63, 3.8) is 0 Å². The highest BCUT2D eigenvalue weighted by atomic mass is 16.5. The second kappa shape index (κ2) is 9.30. The molecule has 2 aromatic rings. The Bertz CT molecular complexity index is 730.